The summed E-state index contributed by atoms with van der Waals surface area (Å²) in [7, 11) is 1.33. The number of unbranched alkanes of at least 4 members (excludes halogenated alkanes) is 1. The van der Waals surface area contributed by atoms with Crippen LogP contribution in [-0.4, -0.2) is 102 Å². The van der Waals surface area contributed by atoms with Gasteiger partial charge in [0.15, 0.2) is 17.5 Å². The van der Waals surface area contributed by atoms with Crippen LogP contribution in [0.3, 0.4) is 0 Å². The molecule has 2 aliphatic heterocycles. The molecule has 3 fully saturated rings. The number of anilines is 1. The van der Waals surface area contributed by atoms with E-state index in [1.165, 1.54) is 25.9 Å². The van der Waals surface area contributed by atoms with Crippen molar-refractivity contribution in [1.29, 1.82) is 0 Å². The molecule has 3 N–H and O–H groups in total. The molecule has 14 nitrogen and oxygen atoms in total. The number of carbonyl (C=O) groups is 4. The van der Waals surface area contributed by atoms with Crippen LogP contribution in [0.4, 0.5) is 15.0 Å². The molecule has 48 heavy (non-hydrogen) atoms. The molecular weight excluding hydrogens is 627 g/mol. The van der Waals surface area contributed by atoms with E-state index in [4.69, 9.17) is 19.9 Å². The fourth-order valence-electron chi connectivity index (χ4n) is 7.56. The summed E-state index contributed by atoms with van der Waals surface area (Å²) < 4.78 is 34.7. The second-order valence-electron chi connectivity index (χ2n) is 13.9. The lowest BCUT2D eigenvalue weighted by atomic mass is 9.75. The van der Waals surface area contributed by atoms with E-state index in [1.807, 2.05) is 0 Å². The molecule has 2 saturated heterocycles. The third-order valence-corrected chi connectivity index (χ3v) is 10.6. The largest absolute Gasteiger partial charge is 0.455 e. The Morgan fingerprint density at radius 1 is 1.06 bits per heavy atom. The Morgan fingerprint density at radius 2 is 1.75 bits per heavy atom. The number of ether oxygens (including phenoxy) is 3. The number of Topliss-reactive ketones (excluding diaryl/α,β-unsaturated/α-hetero) is 2. The minimum atomic E-state index is -3.10. The van der Waals surface area contributed by atoms with E-state index in [0.29, 0.717) is 36.6 Å². The number of nitrogens with zero attached hydrogens (tertiary/aromatic N) is 5. The summed E-state index contributed by atoms with van der Waals surface area (Å²) in [6, 6.07) is 4.39. The van der Waals surface area contributed by atoms with Crippen LogP contribution in [0, 0.1) is 23.7 Å². The lowest BCUT2D eigenvalue weighted by Crippen LogP contribution is -2.55. The second-order valence-corrected chi connectivity index (χ2v) is 13.9. The number of aryl methyl sites for hydroxylation is 1. The molecule has 262 valence electrons. The minimum Gasteiger partial charge on any atom is -0.455 e. The number of hydrogen-bond acceptors (Lipinski definition) is 12. The number of alkyl halides is 1. The van der Waals surface area contributed by atoms with Crippen molar-refractivity contribution < 1.29 is 42.9 Å². The standard InChI is InChI=1S/C33H45FN6O8/c1-17-15-31(5,46-7)26(42)19(3)27(43)32(6,34)29(44)47-28-20(4)33(28)25(18(2)24(17)41)40(30(45)48-33)14-9-8-13-39-16-22(37-38-39)21-11-10-12-23(35)36-21/h10-12,16-20,25-26,28,42H,8-9,13-15H2,1-7H3,(H2,35,36)/t17-,18+,19-,20?,25-,26-,28-,31+,32+,33+/m1/s1. The number of nitrogen functional groups attached to an aromatic ring is 1. The van der Waals surface area contributed by atoms with Crippen LogP contribution < -0.4 is 5.73 Å². The van der Waals surface area contributed by atoms with Gasteiger partial charge in [0.1, 0.15) is 17.3 Å². The van der Waals surface area contributed by atoms with Crippen molar-refractivity contribution in [3.63, 3.8) is 0 Å². The van der Waals surface area contributed by atoms with Crippen LogP contribution in [-0.2, 0) is 35.1 Å². The van der Waals surface area contributed by atoms with Gasteiger partial charge >= 0.3 is 12.1 Å². The zero-order valence-electron chi connectivity index (χ0n) is 28.4. The lowest BCUT2D eigenvalue weighted by molar-refractivity contribution is -0.171. The van der Waals surface area contributed by atoms with Crippen LogP contribution in [0.15, 0.2) is 24.4 Å². The first-order valence-electron chi connectivity index (χ1n) is 16.3. The van der Waals surface area contributed by atoms with E-state index in [-0.39, 0.29) is 18.7 Å². The quantitative estimate of drug-likeness (QED) is 0.249. The summed E-state index contributed by atoms with van der Waals surface area (Å²) in [4.78, 5) is 59.7. The van der Waals surface area contributed by atoms with Gasteiger partial charge in [0, 0.05) is 43.9 Å². The Kier molecular flexibility index (Phi) is 9.42. The highest BCUT2D eigenvalue weighted by Crippen LogP contribution is 2.59. The van der Waals surface area contributed by atoms with Crippen LogP contribution in [0.25, 0.3) is 11.4 Å². The zero-order valence-corrected chi connectivity index (χ0v) is 28.4. The second kappa shape index (κ2) is 12.8. The Labute approximate surface area is 278 Å². The number of nitrogens with two attached hydrogens (primary N) is 1. The maximum Gasteiger partial charge on any atom is 0.410 e. The van der Waals surface area contributed by atoms with Crippen LogP contribution in [0.1, 0.15) is 60.8 Å². The maximum atomic E-state index is 15.9. The van der Waals surface area contributed by atoms with E-state index in [1.54, 1.807) is 49.8 Å². The number of aliphatic hydroxyl groups excluding tert-OH is 1. The summed E-state index contributed by atoms with van der Waals surface area (Å²) in [5.41, 5.74) is 0.990. The van der Waals surface area contributed by atoms with Crippen molar-refractivity contribution in [2.24, 2.45) is 23.7 Å². The van der Waals surface area contributed by atoms with Crippen LogP contribution in [0.2, 0.25) is 0 Å². The minimum absolute atomic E-state index is 0.00258. The van der Waals surface area contributed by atoms with Crippen molar-refractivity contribution in [2.75, 3.05) is 19.4 Å². The Morgan fingerprint density at radius 3 is 2.42 bits per heavy atom. The molecule has 1 saturated carbocycles. The molecule has 2 aromatic heterocycles. The van der Waals surface area contributed by atoms with Crippen LogP contribution >= 0.6 is 0 Å². The molecule has 1 unspecified atom stereocenters. The fraction of sp³-hybridized carbons (Fsp3) is 0.667. The first-order valence-corrected chi connectivity index (χ1v) is 16.3. The third kappa shape index (κ3) is 5.95. The molecule has 1 aliphatic carbocycles. The number of rotatable bonds is 7. The van der Waals surface area contributed by atoms with Crippen molar-refractivity contribution in [2.45, 2.75) is 102 Å². The van der Waals surface area contributed by atoms with E-state index in [2.05, 4.69) is 15.3 Å². The number of hydrogen-bond donors (Lipinski definition) is 2. The Hall–Kier alpha value is -3.98. The highest BCUT2D eigenvalue weighted by atomic mass is 19.1. The first kappa shape index (κ1) is 35.3. The molecule has 0 aromatic carbocycles. The summed E-state index contributed by atoms with van der Waals surface area (Å²) >= 11 is 0. The number of aliphatic hydroxyl groups is 1. The fourth-order valence-corrected chi connectivity index (χ4v) is 7.56. The van der Waals surface area contributed by atoms with Crippen LogP contribution in [0.5, 0.6) is 0 Å². The molecule has 1 amide bonds. The Bertz CT molecular complexity index is 1580. The number of carbonyl (C=O) groups excluding carboxylic acids is 4. The van der Waals surface area contributed by atoms with E-state index in [9.17, 15) is 24.3 Å². The number of amides is 1. The van der Waals surface area contributed by atoms with E-state index < -0.39 is 76.6 Å². The third-order valence-electron chi connectivity index (χ3n) is 10.6. The molecule has 0 bridgehead atoms. The van der Waals surface area contributed by atoms with E-state index >= 15 is 4.39 Å². The average Bonchev–Trinajstić information content (AvgIpc) is 3.36. The lowest BCUT2D eigenvalue weighted by Gasteiger charge is -2.39. The van der Waals surface area contributed by atoms with Crippen molar-refractivity contribution in [3.8, 4) is 11.4 Å². The number of ketones is 2. The van der Waals surface area contributed by atoms with Gasteiger partial charge in [-0.25, -0.2) is 19.0 Å². The molecule has 3 aliphatic rings. The van der Waals surface area contributed by atoms with Crippen molar-refractivity contribution >= 4 is 29.4 Å². The predicted octanol–water partition coefficient (Wildman–Crippen LogP) is 2.77. The predicted molar refractivity (Wildman–Crippen MR) is 169 cm³/mol. The molecule has 1 spiro atoms. The molecule has 10 atom stereocenters. The van der Waals surface area contributed by atoms with E-state index in [0.717, 1.165) is 6.92 Å². The van der Waals surface area contributed by atoms with Gasteiger partial charge in [-0.2, -0.15) is 0 Å². The summed E-state index contributed by atoms with van der Waals surface area (Å²) in [6.45, 7) is 9.43. The van der Waals surface area contributed by atoms with Crippen molar-refractivity contribution in [1.82, 2.24) is 24.9 Å². The van der Waals surface area contributed by atoms with Gasteiger partial charge in [0.05, 0.1) is 29.6 Å². The highest BCUT2D eigenvalue weighted by molar-refractivity contribution is 6.08. The maximum absolute atomic E-state index is 15.9. The van der Waals surface area contributed by atoms with Gasteiger partial charge in [0.2, 0.25) is 0 Å². The summed E-state index contributed by atoms with van der Waals surface area (Å²) in [5.74, 6) is -5.91. The SMILES string of the molecule is CO[C@@]1(C)C[C@@H](C)C(=O)[C@H](C)[C@H]2N(CCCCn3cc(-c4cccc(N)n4)nn3)C(=O)O[C@@]23C(C)[C@H]3OC(=O)[C@@](C)(F)C(=O)[C@H](C)[C@H]1O. The highest BCUT2D eigenvalue weighted by Gasteiger charge is 2.79. The normalized spacial score (nSPS) is 37.4. The van der Waals surface area contributed by atoms with Gasteiger partial charge in [-0.15, -0.1) is 5.10 Å². The average molecular weight is 673 g/mol. The smallest absolute Gasteiger partial charge is 0.410 e. The zero-order chi connectivity index (χ0) is 35.3. The van der Waals surface area contributed by atoms with Gasteiger partial charge in [-0.1, -0.05) is 39.0 Å². The Balaban J connectivity index is 1.38. The monoisotopic (exact) mass is 672 g/mol. The number of methoxy groups -OCH3 is 1. The summed E-state index contributed by atoms with van der Waals surface area (Å²) in [5, 5.41) is 19.5. The molecule has 5 rings (SSSR count). The molecule has 0 radical (unpaired) electrons. The van der Waals surface area contributed by atoms with Crippen molar-refractivity contribution in [3.05, 3.63) is 24.4 Å². The number of esters is 1. The molecule has 15 heteroatoms. The summed E-state index contributed by atoms with van der Waals surface area (Å²) in [6.07, 6.45) is -0.458. The number of aromatic nitrogens is 4. The molecular formula is C33H45FN6O8. The van der Waals surface area contributed by atoms with Gasteiger partial charge < -0.3 is 30.0 Å². The first-order chi connectivity index (χ1) is 22.5. The number of halogens is 1. The van der Waals surface area contributed by atoms with Gasteiger partial charge in [0.25, 0.3) is 5.67 Å². The number of pyridine rings is 1. The van der Waals surface area contributed by atoms with Gasteiger partial charge in [-0.05, 0) is 45.2 Å². The molecule has 2 aromatic rings. The van der Waals surface area contributed by atoms with Gasteiger partial charge in [-0.3, -0.25) is 14.3 Å². The topological polar surface area (TPSA) is 189 Å². The molecule has 4 heterocycles.